The van der Waals surface area contributed by atoms with Crippen LogP contribution in [0, 0.1) is 13.8 Å². The van der Waals surface area contributed by atoms with Gasteiger partial charge in [-0.2, -0.15) is 0 Å². The molecular weight excluding hydrogens is 272 g/mol. The summed E-state index contributed by atoms with van der Waals surface area (Å²) in [5.74, 6) is 0.598. The zero-order valence-electron chi connectivity index (χ0n) is 12.7. The van der Waals surface area contributed by atoms with Gasteiger partial charge in [-0.15, -0.1) is 0 Å². The first-order valence-corrected chi connectivity index (χ1v) is 7.26. The minimum Gasteiger partial charge on any atom is -0.507 e. The molecule has 2 heteroatoms. The van der Waals surface area contributed by atoms with Gasteiger partial charge >= 0.3 is 0 Å². The van der Waals surface area contributed by atoms with Crippen LogP contribution in [0.5, 0.6) is 11.5 Å². The van der Waals surface area contributed by atoms with Crippen LogP contribution < -0.4 is 0 Å². The number of phenols is 2. The second-order valence-corrected chi connectivity index (χ2v) is 5.52. The van der Waals surface area contributed by atoms with Crippen LogP contribution in [0.2, 0.25) is 0 Å². The number of aryl methyl sites for hydroxylation is 2. The first kappa shape index (κ1) is 14.2. The summed E-state index contributed by atoms with van der Waals surface area (Å²) in [6.07, 6.45) is 0. The summed E-state index contributed by atoms with van der Waals surface area (Å²) in [5, 5.41) is 20.5. The third kappa shape index (κ3) is 2.44. The van der Waals surface area contributed by atoms with Crippen LogP contribution in [0.25, 0.3) is 22.3 Å². The Balaban J connectivity index is 2.14. The van der Waals surface area contributed by atoms with Gasteiger partial charge in [0.2, 0.25) is 0 Å². The fourth-order valence-corrected chi connectivity index (χ4v) is 2.64. The fraction of sp³-hybridized carbons (Fsp3) is 0.100. The van der Waals surface area contributed by atoms with Crippen LogP contribution in [0.4, 0.5) is 0 Å². The Hall–Kier alpha value is -2.74. The van der Waals surface area contributed by atoms with Gasteiger partial charge in [-0.3, -0.25) is 0 Å². The van der Waals surface area contributed by atoms with E-state index in [9.17, 15) is 10.2 Å². The maximum Gasteiger partial charge on any atom is 0.126 e. The largest absolute Gasteiger partial charge is 0.507 e. The second-order valence-electron chi connectivity index (χ2n) is 5.52. The van der Waals surface area contributed by atoms with Crippen molar-refractivity contribution in [3.8, 4) is 33.8 Å². The van der Waals surface area contributed by atoms with Crippen molar-refractivity contribution in [1.82, 2.24) is 0 Å². The molecule has 0 spiro atoms. The fourth-order valence-electron chi connectivity index (χ4n) is 2.64. The molecule has 0 aliphatic carbocycles. The minimum atomic E-state index is 0.299. The van der Waals surface area contributed by atoms with E-state index in [1.807, 2.05) is 74.5 Å². The van der Waals surface area contributed by atoms with E-state index in [4.69, 9.17) is 0 Å². The van der Waals surface area contributed by atoms with Gasteiger partial charge in [0, 0.05) is 11.1 Å². The molecular formula is C20H18O2. The average Bonchev–Trinajstić information content (AvgIpc) is 2.53. The molecule has 2 N–H and O–H groups in total. The van der Waals surface area contributed by atoms with E-state index in [-0.39, 0.29) is 0 Å². The van der Waals surface area contributed by atoms with Crippen molar-refractivity contribution in [1.29, 1.82) is 0 Å². The molecule has 0 saturated heterocycles. The third-order valence-corrected chi connectivity index (χ3v) is 3.96. The van der Waals surface area contributed by atoms with E-state index < -0.39 is 0 Å². The standard InChI is InChI=1S/C20H18O2/c1-13-6-3-10-17(19(13)21)15-8-5-9-16(12-15)18-11-4-7-14(2)20(18)22/h3-12,21-22H,1-2H3. The smallest absolute Gasteiger partial charge is 0.126 e. The number of benzene rings is 3. The van der Waals surface area contributed by atoms with E-state index in [0.717, 1.165) is 33.4 Å². The van der Waals surface area contributed by atoms with Crippen molar-refractivity contribution in [3.05, 3.63) is 71.8 Å². The number of hydrogen-bond donors (Lipinski definition) is 2. The molecule has 0 fully saturated rings. The lowest BCUT2D eigenvalue weighted by molar-refractivity contribution is 0.473. The molecule has 3 rings (SSSR count). The van der Waals surface area contributed by atoms with Crippen molar-refractivity contribution >= 4 is 0 Å². The molecule has 0 unspecified atom stereocenters. The predicted octanol–water partition coefficient (Wildman–Crippen LogP) is 5.05. The van der Waals surface area contributed by atoms with Crippen molar-refractivity contribution in [2.24, 2.45) is 0 Å². The van der Waals surface area contributed by atoms with Crippen molar-refractivity contribution < 1.29 is 10.2 Å². The Morgan fingerprint density at radius 1 is 0.591 bits per heavy atom. The Bertz CT molecular complexity index is 768. The quantitative estimate of drug-likeness (QED) is 0.693. The van der Waals surface area contributed by atoms with E-state index in [1.54, 1.807) is 0 Å². The Kier molecular flexibility index (Phi) is 3.60. The summed E-state index contributed by atoms with van der Waals surface area (Å²) in [6.45, 7) is 3.77. The molecule has 22 heavy (non-hydrogen) atoms. The number of rotatable bonds is 2. The lowest BCUT2D eigenvalue weighted by Crippen LogP contribution is -1.85. The highest BCUT2D eigenvalue weighted by atomic mass is 16.3. The van der Waals surface area contributed by atoms with E-state index in [0.29, 0.717) is 11.5 Å². The van der Waals surface area contributed by atoms with Gasteiger partial charge in [0.25, 0.3) is 0 Å². The molecule has 0 bridgehead atoms. The number of para-hydroxylation sites is 2. The van der Waals surface area contributed by atoms with Gasteiger partial charge in [-0.1, -0.05) is 54.6 Å². The van der Waals surface area contributed by atoms with Gasteiger partial charge in [-0.05, 0) is 42.2 Å². The molecule has 0 saturated carbocycles. The maximum atomic E-state index is 10.3. The van der Waals surface area contributed by atoms with Gasteiger partial charge in [0.05, 0.1) is 0 Å². The summed E-state index contributed by atoms with van der Waals surface area (Å²) in [7, 11) is 0. The zero-order chi connectivity index (χ0) is 15.7. The molecule has 3 aromatic rings. The van der Waals surface area contributed by atoms with Crippen LogP contribution in [0.1, 0.15) is 11.1 Å². The molecule has 0 aliphatic heterocycles. The SMILES string of the molecule is Cc1cccc(-c2cccc(-c3cccc(C)c3O)c2)c1O. The molecule has 0 aliphatic rings. The lowest BCUT2D eigenvalue weighted by atomic mass is 9.96. The summed E-state index contributed by atoms with van der Waals surface area (Å²) < 4.78 is 0. The Morgan fingerprint density at radius 2 is 1.00 bits per heavy atom. The molecule has 0 heterocycles. The second kappa shape index (κ2) is 5.57. The highest BCUT2D eigenvalue weighted by Gasteiger charge is 2.10. The molecule has 3 aromatic carbocycles. The normalized spacial score (nSPS) is 10.6. The van der Waals surface area contributed by atoms with Gasteiger partial charge in [-0.25, -0.2) is 0 Å². The van der Waals surface area contributed by atoms with Crippen LogP contribution in [-0.2, 0) is 0 Å². The van der Waals surface area contributed by atoms with Crippen LogP contribution >= 0.6 is 0 Å². The van der Waals surface area contributed by atoms with E-state index >= 15 is 0 Å². The third-order valence-electron chi connectivity index (χ3n) is 3.96. The summed E-state index contributed by atoms with van der Waals surface area (Å²) in [5.41, 5.74) is 5.16. The summed E-state index contributed by atoms with van der Waals surface area (Å²) in [4.78, 5) is 0. The van der Waals surface area contributed by atoms with Crippen LogP contribution in [-0.4, -0.2) is 10.2 Å². The van der Waals surface area contributed by atoms with Crippen molar-refractivity contribution in [2.45, 2.75) is 13.8 Å². The summed E-state index contributed by atoms with van der Waals surface area (Å²) in [6, 6.07) is 19.3. The molecule has 0 aromatic heterocycles. The minimum absolute atomic E-state index is 0.299. The highest BCUT2D eigenvalue weighted by Crippen LogP contribution is 2.36. The van der Waals surface area contributed by atoms with Gasteiger partial charge in [0.1, 0.15) is 11.5 Å². The van der Waals surface area contributed by atoms with Crippen molar-refractivity contribution in [2.75, 3.05) is 0 Å². The van der Waals surface area contributed by atoms with E-state index in [2.05, 4.69) is 0 Å². The predicted molar refractivity (Wildman–Crippen MR) is 90.1 cm³/mol. The summed E-state index contributed by atoms with van der Waals surface area (Å²) >= 11 is 0. The van der Waals surface area contributed by atoms with E-state index in [1.165, 1.54) is 0 Å². The van der Waals surface area contributed by atoms with Crippen LogP contribution in [0.3, 0.4) is 0 Å². The molecule has 2 nitrogen and oxygen atoms in total. The first-order chi connectivity index (χ1) is 10.6. The van der Waals surface area contributed by atoms with Crippen LogP contribution in [0.15, 0.2) is 60.7 Å². The Morgan fingerprint density at radius 3 is 1.45 bits per heavy atom. The first-order valence-electron chi connectivity index (χ1n) is 7.26. The maximum absolute atomic E-state index is 10.3. The number of phenolic OH excluding ortho intramolecular Hbond substituents is 2. The van der Waals surface area contributed by atoms with Crippen molar-refractivity contribution in [3.63, 3.8) is 0 Å². The number of hydrogen-bond acceptors (Lipinski definition) is 2. The molecule has 0 atom stereocenters. The highest BCUT2D eigenvalue weighted by molar-refractivity contribution is 5.79. The monoisotopic (exact) mass is 290 g/mol. The molecule has 0 radical (unpaired) electrons. The lowest BCUT2D eigenvalue weighted by Gasteiger charge is -2.11. The topological polar surface area (TPSA) is 40.5 Å². The zero-order valence-corrected chi connectivity index (χ0v) is 12.7. The Labute approximate surface area is 130 Å². The molecule has 110 valence electrons. The molecule has 0 amide bonds. The van der Waals surface area contributed by atoms with Gasteiger partial charge in [0.15, 0.2) is 0 Å². The van der Waals surface area contributed by atoms with Gasteiger partial charge < -0.3 is 10.2 Å². The average molecular weight is 290 g/mol. The number of aromatic hydroxyl groups is 2.